The number of aliphatic hydroxyl groups is 1. The maximum atomic E-state index is 10.6. The minimum Gasteiger partial charge on any atom is -0.409 e. The second kappa shape index (κ2) is 8.61. The Kier molecular flexibility index (Phi) is 8.08. The van der Waals surface area contributed by atoms with Gasteiger partial charge in [0, 0.05) is 7.11 Å². The Morgan fingerprint density at radius 1 is 0.720 bits per heavy atom. The molecule has 1 aliphatic heterocycles. The zero-order valence-corrected chi connectivity index (χ0v) is 20.6. The summed E-state index contributed by atoms with van der Waals surface area (Å²) < 4.78 is 30.4. The van der Waals surface area contributed by atoms with Gasteiger partial charge in [-0.1, -0.05) is 0 Å². The molecule has 6 nitrogen and oxygen atoms in total. The maximum Gasteiger partial charge on any atom is 0.184 e. The molecule has 0 bridgehead atoms. The molecule has 1 aliphatic rings. The van der Waals surface area contributed by atoms with Crippen LogP contribution in [0, 0.1) is 0 Å². The molecular weight excluding hydrogens is 372 g/mol. The summed E-state index contributed by atoms with van der Waals surface area (Å²) in [7, 11) is -4.05. The first-order chi connectivity index (χ1) is 11.1. The van der Waals surface area contributed by atoms with E-state index in [1.807, 2.05) is 0 Å². The molecule has 0 aromatic heterocycles. The zero-order valence-electron chi connectivity index (χ0n) is 17.6. The van der Waals surface area contributed by atoms with Crippen LogP contribution in [0.5, 0.6) is 0 Å². The Bertz CT molecular complexity index is 416. The van der Waals surface area contributed by atoms with Gasteiger partial charge in [0.1, 0.15) is 24.4 Å². The molecule has 1 N–H and O–H groups in total. The molecule has 0 radical (unpaired) electrons. The highest BCUT2D eigenvalue weighted by Gasteiger charge is 2.50. The summed E-state index contributed by atoms with van der Waals surface area (Å²) in [6, 6.07) is 0. The molecule has 9 heteroatoms. The van der Waals surface area contributed by atoms with Crippen molar-refractivity contribution >= 4 is 25.0 Å². The van der Waals surface area contributed by atoms with Gasteiger partial charge in [-0.05, 0) is 58.9 Å². The number of methoxy groups -OCH3 is 1. The lowest BCUT2D eigenvalue weighted by Gasteiger charge is -2.49. The number of rotatable bonds is 8. The molecular formula is C16H38O6Si3. The van der Waals surface area contributed by atoms with Gasteiger partial charge >= 0.3 is 0 Å². The second-order valence-corrected chi connectivity index (χ2v) is 23.0. The number of hydrogen-bond donors (Lipinski definition) is 1. The van der Waals surface area contributed by atoms with Gasteiger partial charge in [0.05, 0.1) is 6.61 Å². The van der Waals surface area contributed by atoms with Crippen LogP contribution in [0.4, 0.5) is 0 Å². The summed E-state index contributed by atoms with van der Waals surface area (Å²) in [5.74, 6) is 0. The van der Waals surface area contributed by atoms with E-state index in [9.17, 15) is 5.11 Å². The molecule has 25 heavy (non-hydrogen) atoms. The van der Waals surface area contributed by atoms with E-state index in [-0.39, 0.29) is 18.3 Å². The van der Waals surface area contributed by atoms with Gasteiger partial charge < -0.3 is 27.9 Å². The van der Waals surface area contributed by atoms with Crippen molar-refractivity contribution in [2.45, 2.75) is 89.6 Å². The lowest BCUT2D eigenvalue weighted by atomic mass is 9.99. The minimum atomic E-state index is -1.91. The number of hydrogen-bond acceptors (Lipinski definition) is 6. The van der Waals surface area contributed by atoms with E-state index in [0.717, 1.165) is 0 Å². The summed E-state index contributed by atoms with van der Waals surface area (Å²) in [6.07, 6.45) is -2.66. The van der Waals surface area contributed by atoms with Crippen LogP contribution in [-0.4, -0.2) is 74.5 Å². The van der Waals surface area contributed by atoms with Crippen molar-refractivity contribution in [3.63, 3.8) is 0 Å². The monoisotopic (exact) mass is 410 g/mol. The van der Waals surface area contributed by atoms with E-state index in [1.165, 1.54) is 0 Å². The van der Waals surface area contributed by atoms with Crippen molar-refractivity contribution in [2.75, 3.05) is 13.7 Å². The van der Waals surface area contributed by atoms with Crippen LogP contribution in [0.2, 0.25) is 58.9 Å². The Morgan fingerprint density at radius 2 is 1.12 bits per heavy atom. The number of ether oxygens (including phenoxy) is 2. The van der Waals surface area contributed by atoms with Crippen LogP contribution in [0.15, 0.2) is 0 Å². The third kappa shape index (κ3) is 8.31. The first-order valence-electron chi connectivity index (χ1n) is 8.99. The average molecular weight is 411 g/mol. The van der Waals surface area contributed by atoms with Gasteiger partial charge in [0.25, 0.3) is 0 Å². The van der Waals surface area contributed by atoms with E-state index in [1.54, 1.807) is 7.11 Å². The molecule has 0 aromatic rings. The van der Waals surface area contributed by atoms with Gasteiger partial charge in [0.15, 0.2) is 31.2 Å². The van der Waals surface area contributed by atoms with Gasteiger partial charge in [-0.2, -0.15) is 0 Å². The summed E-state index contributed by atoms with van der Waals surface area (Å²) in [4.78, 5) is 0. The average Bonchev–Trinajstić information content (AvgIpc) is 2.34. The first-order valence-corrected chi connectivity index (χ1v) is 19.2. The SMILES string of the molecule is COCC1OC(O)C(O[Si](C)(C)C)C(O[Si](C)(C)C)C1O[Si](C)(C)C. The van der Waals surface area contributed by atoms with Crippen molar-refractivity contribution in [1.29, 1.82) is 0 Å². The Labute approximate surface area is 156 Å². The summed E-state index contributed by atoms with van der Waals surface area (Å²) in [5, 5.41) is 10.6. The van der Waals surface area contributed by atoms with Crippen LogP contribution in [0.1, 0.15) is 0 Å². The predicted octanol–water partition coefficient (Wildman–Crippen LogP) is 3.01. The van der Waals surface area contributed by atoms with Crippen molar-refractivity contribution in [3.05, 3.63) is 0 Å². The first kappa shape index (κ1) is 23.5. The molecule has 0 amide bonds. The van der Waals surface area contributed by atoms with E-state index < -0.39 is 37.3 Å². The summed E-state index contributed by atoms with van der Waals surface area (Å²) in [6.45, 7) is 19.5. The largest absolute Gasteiger partial charge is 0.409 e. The van der Waals surface area contributed by atoms with Crippen LogP contribution >= 0.6 is 0 Å². The Balaban J connectivity index is 3.23. The normalized spacial score (nSPS) is 32.0. The van der Waals surface area contributed by atoms with Gasteiger partial charge in [-0.25, -0.2) is 0 Å². The summed E-state index contributed by atoms with van der Waals surface area (Å²) >= 11 is 0. The topological polar surface area (TPSA) is 66.4 Å². The molecule has 1 rings (SSSR count). The van der Waals surface area contributed by atoms with E-state index in [4.69, 9.17) is 22.8 Å². The molecule has 1 saturated heterocycles. The Hall–Kier alpha value is 0.411. The van der Waals surface area contributed by atoms with E-state index >= 15 is 0 Å². The Morgan fingerprint density at radius 3 is 1.52 bits per heavy atom. The molecule has 0 spiro atoms. The molecule has 5 unspecified atom stereocenters. The fourth-order valence-corrected chi connectivity index (χ4v) is 6.07. The van der Waals surface area contributed by atoms with E-state index in [0.29, 0.717) is 6.61 Å². The van der Waals surface area contributed by atoms with Crippen molar-refractivity contribution in [3.8, 4) is 0 Å². The minimum absolute atomic E-state index is 0.317. The lowest BCUT2D eigenvalue weighted by Crippen LogP contribution is -2.65. The van der Waals surface area contributed by atoms with Crippen LogP contribution in [-0.2, 0) is 22.8 Å². The smallest absolute Gasteiger partial charge is 0.184 e. The van der Waals surface area contributed by atoms with Crippen LogP contribution < -0.4 is 0 Å². The highest BCUT2D eigenvalue weighted by Crippen LogP contribution is 2.32. The van der Waals surface area contributed by atoms with Crippen molar-refractivity contribution in [2.24, 2.45) is 0 Å². The summed E-state index contributed by atoms with van der Waals surface area (Å²) in [5.41, 5.74) is 0. The highest BCUT2D eigenvalue weighted by atomic mass is 28.4. The molecule has 0 aliphatic carbocycles. The quantitative estimate of drug-likeness (QED) is 0.621. The van der Waals surface area contributed by atoms with Gasteiger partial charge in [-0.3, -0.25) is 0 Å². The molecule has 5 atom stereocenters. The molecule has 0 aromatic carbocycles. The van der Waals surface area contributed by atoms with Crippen molar-refractivity contribution in [1.82, 2.24) is 0 Å². The predicted molar refractivity (Wildman–Crippen MR) is 107 cm³/mol. The highest BCUT2D eigenvalue weighted by molar-refractivity contribution is 6.70. The fourth-order valence-electron chi connectivity index (χ4n) is 2.82. The molecule has 150 valence electrons. The standard InChI is InChI=1S/C16H38O6Si3/c1-18-11-12-13(20-23(2,3)4)14(21-24(5,6)7)15(16(17)19-12)22-25(8,9)10/h12-17H,11H2,1-10H3. The zero-order chi connectivity index (χ0) is 19.6. The maximum absolute atomic E-state index is 10.6. The van der Waals surface area contributed by atoms with Crippen LogP contribution in [0.25, 0.3) is 0 Å². The third-order valence-electron chi connectivity index (χ3n) is 3.41. The fraction of sp³-hybridized carbons (Fsp3) is 1.00. The second-order valence-electron chi connectivity index (χ2n) is 9.60. The van der Waals surface area contributed by atoms with Crippen molar-refractivity contribution < 1.29 is 27.9 Å². The third-order valence-corrected chi connectivity index (χ3v) is 6.35. The molecule has 1 heterocycles. The molecule has 1 fully saturated rings. The lowest BCUT2D eigenvalue weighted by molar-refractivity contribution is -0.277. The van der Waals surface area contributed by atoms with E-state index in [2.05, 4.69) is 58.9 Å². The van der Waals surface area contributed by atoms with Crippen LogP contribution in [0.3, 0.4) is 0 Å². The molecule has 0 saturated carbocycles. The number of aliphatic hydroxyl groups excluding tert-OH is 1. The van der Waals surface area contributed by atoms with Gasteiger partial charge in [0.2, 0.25) is 0 Å². The van der Waals surface area contributed by atoms with Gasteiger partial charge in [-0.15, -0.1) is 0 Å².